The van der Waals surface area contributed by atoms with Crippen LogP contribution >= 0.6 is 0 Å². The van der Waals surface area contributed by atoms with E-state index in [1.165, 1.54) is 12.5 Å². The molecule has 0 bridgehead atoms. The van der Waals surface area contributed by atoms with Crippen LogP contribution in [0.2, 0.25) is 0 Å². The van der Waals surface area contributed by atoms with Gasteiger partial charge in [-0.05, 0) is 41.3 Å². The Morgan fingerprint density at radius 1 is 1.15 bits per heavy atom. The number of nitrogens with one attached hydrogen (secondary N) is 2. The van der Waals surface area contributed by atoms with Gasteiger partial charge in [0.1, 0.15) is 6.26 Å². The number of aryl methyl sites for hydroxylation is 1. The van der Waals surface area contributed by atoms with E-state index in [0.717, 1.165) is 34.4 Å². The second kappa shape index (κ2) is 6.79. The van der Waals surface area contributed by atoms with Gasteiger partial charge in [-0.2, -0.15) is 0 Å². The highest BCUT2D eigenvalue weighted by Gasteiger charge is 2.15. The lowest BCUT2D eigenvalue weighted by atomic mass is 9.97. The predicted molar refractivity (Wildman–Crippen MR) is 94.3 cm³/mol. The number of hydrogen-bond acceptors (Lipinski definition) is 5. The van der Waals surface area contributed by atoms with Crippen molar-refractivity contribution >= 4 is 17.5 Å². The number of carbonyl (C=O) groups excluding carboxylic acids is 2. The zero-order valence-corrected chi connectivity index (χ0v) is 13.9. The zero-order chi connectivity index (χ0) is 17.9. The summed E-state index contributed by atoms with van der Waals surface area (Å²) < 4.78 is 4.67. The first-order chi connectivity index (χ1) is 12.7. The summed E-state index contributed by atoms with van der Waals surface area (Å²) in [4.78, 5) is 27.7. The summed E-state index contributed by atoms with van der Waals surface area (Å²) >= 11 is 0. The molecule has 2 aromatic heterocycles. The minimum Gasteiger partial charge on any atom is -0.364 e. The van der Waals surface area contributed by atoms with Gasteiger partial charge < -0.3 is 15.2 Å². The van der Waals surface area contributed by atoms with E-state index in [4.69, 9.17) is 0 Å². The Kier molecular flexibility index (Phi) is 4.18. The summed E-state index contributed by atoms with van der Waals surface area (Å²) in [5.74, 6) is -0.196. The van der Waals surface area contributed by atoms with Gasteiger partial charge in [0.15, 0.2) is 0 Å². The van der Waals surface area contributed by atoms with E-state index in [9.17, 15) is 9.59 Å². The lowest BCUT2D eigenvalue weighted by molar-refractivity contribution is -0.116. The molecule has 2 amide bonds. The molecule has 130 valence electrons. The van der Waals surface area contributed by atoms with Crippen molar-refractivity contribution in [1.82, 2.24) is 15.5 Å². The van der Waals surface area contributed by atoms with Crippen LogP contribution in [-0.4, -0.2) is 22.0 Å². The average molecular weight is 348 g/mol. The Bertz CT molecular complexity index is 967. The first-order valence-corrected chi connectivity index (χ1v) is 8.24. The van der Waals surface area contributed by atoms with Crippen LogP contribution in [-0.2, 0) is 17.8 Å². The van der Waals surface area contributed by atoms with Gasteiger partial charge in [0.05, 0.1) is 11.8 Å². The highest BCUT2D eigenvalue weighted by atomic mass is 16.5. The number of anilines is 1. The quantitative estimate of drug-likeness (QED) is 0.755. The molecule has 3 heterocycles. The number of fused-ring (bicyclic) bond motifs is 1. The van der Waals surface area contributed by atoms with Gasteiger partial charge in [-0.1, -0.05) is 11.2 Å². The Hall–Kier alpha value is -3.48. The fourth-order valence-electron chi connectivity index (χ4n) is 2.91. The Balaban J connectivity index is 1.51. The zero-order valence-electron chi connectivity index (χ0n) is 13.9. The number of aromatic nitrogens is 2. The van der Waals surface area contributed by atoms with E-state index in [1.54, 1.807) is 12.4 Å². The van der Waals surface area contributed by atoms with Gasteiger partial charge in [0.2, 0.25) is 5.91 Å². The number of benzene rings is 1. The molecule has 26 heavy (non-hydrogen) atoms. The number of nitrogens with zero attached hydrogens (tertiary/aromatic N) is 2. The van der Waals surface area contributed by atoms with Crippen LogP contribution in [0.4, 0.5) is 5.69 Å². The molecule has 1 aliphatic rings. The van der Waals surface area contributed by atoms with Crippen molar-refractivity contribution < 1.29 is 14.1 Å². The Morgan fingerprint density at radius 2 is 2.08 bits per heavy atom. The van der Waals surface area contributed by atoms with Gasteiger partial charge in [0.25, 0.3) is 5.91 Å². The highest BCUT2D eigenvalue weighted by Crippen LogP contribution is 2.28. The van der Waals surface area contributed by atoms with Crippen molar-refractivity contribution in [3.05, 3.63) is 65.8 Å². The Morgan fingerprint density at radius 3 is 2.92 bits per heavy atom. The third kappa shape index (κ3) is 3.32. The molecule has 7 nitrogen and oxygen atoms in total. The number of carbonyl (C=O) groups is 2. The minimum absolute atomic E-state index is 0.0532. The second-order valence-corrected chi connectivity index (χ2v) is 6.10. The van der Waals surface area contributed by atoms with Crippen LogP contribution in [0, 0.1) is 0 Å². The molecule has 3 aromatic rings. The van der Waals surface area contributed by atoms with Gasteiger partial charge in [0, 0.05) is 36.6 Å². The third-order valence-electron chi connectivity index (χ3n) is 4.28. The summed E-state index contributed by atoms with van der Waals surface area (Å²) in [6.45, 7) is 0.353. The SMILES string of the molecule is O=C1CCc2cc(-c3cncc(CNC(=O)c4cnoc4)c3)ccc2N1. The van der Waals surface area contributed by atoms with E-state index >= 15 is 0 Å². The molecule has 2 N–H and O–H groups in total. The normalized spacial score (nSPS) is 13.0. The van der Waals surface area contributed by atoms with E-state index in [2.05, 4.69) is 31.4 Å². The lowest BCUT2D eigenvalue weighted by Gasteiger charge is -2.17. The smallest absolute Gasteiger partial charge is 0.256 e. The molecule has 0 atom stereocenters. The van der Waals surface area contributed by atoms with Crippen molar-refractivity contribution in [3.63, 3.8) is 0 Å². The standard InChI is InChI=1S/C19H16N4O3/c24-18-4-2-14-6-13(1-3-17(14)23-18)15-5-12(7-20-9-15)8-21-19(25)16-10-22-26-11-16/h1,3,5-7,9-11H,2,4,8H2,(H,21,25)(H,23,24). The molecule has 0 spiro atoms. The minimum atomic E-state index is -0.249. The number of amides is 2. The largest absolute Gasteiger partial charge is 0.364 e. The van der Waals surface area contributed by atoms with Crippen LogP contribution in [0.5, 0.6) is 0 Å². The maximum atomic E-state index is 12.0. The molecule has 0 aliphatic carbocycles. The molecule has 4 rings (SSSR count). The van der Waals surface area contributed by atoms with Crippen LogP contribution in [0.1, 0.15) is 27.9 Å². The molecule has 0 radical (unpaired) electrons. The van der Waals surface area contributed by atoms with Gasteiger partial charge in [-0.25, -0.2) is 0 Å². The van der Waals surface area contributed by atoms with Crippen LogP contribution in [0.15, 0.2) is 53.6 Å². The van der Waals surface area contributed by atoms with Crippen molar-refractivity contribution in [3.8, 4) is 11.1 Å². The van der Waals surface area contributed by atoms with E-state index < -0.39 is 0 Å². The molecule has 0 unspecified atom stereocenters. The predicted octanol–water partition coefficient (Wildman–Crippen LogP) is 2.55. The first-order valence-electron chi connectivity index (χ1n) is 8.24. The molecule has 0 fully saturated rings. The van der Waals surface area contributed by atoms with E-state index in [-0.39, 0.29) is 11.8 Å². The van der Waals surface area contributed by atoms with Crippen molar-refractivity contribution in [1.29, 1.82) is 0 Å². The van der Waals surface area contributed by atoms with Gasteiger partial charge >= 0.3 is 0 Å². The monoisotopic (exact) mass is 348 g/mol. The molecule has 1 aromatic carbocycles. The van der Waals surface area contributed by atoms with Crippen molar-refractivity contribution in [2.45, 2.75) is 19.4 Å². The number of pyridine rings is 1. The second-order valence-electron chi connectivity index (χ2n) is 6.10. The lowest BCUT2D eigenvalue weighted by Crippen LogP contribution is -2.22. The summed E-state index contributed by atoms with van der Waals surface area (Å²) in [7, 11) is 0. The van der Waals surface area contributed by atoms with Crippen molar-refractivity contribution in [2.24, 2.45) is 0 Å². The van der Waals surface area contributed by atoms with Crippen LogP contribution in [0.3, 0.4) is 0 Å². The van der Waals surface area contributed by atoms with Crippen molar-refractivity contribution in [2.75, 3.05) is 5.32 Å². The summed E-state index contributed by atoms with van der Waals surface area (Å²) in [6, 6.07) is 7.94. The van der Waals surface area contributed by atoms with Crippen LogP contribution < -0.4 is 10.6 Å². The molecule has 7 heteroatoms. The summed E-state index contributed by atoms with van der Waals surface area (Å²) in [6.07, 6.45) is 7.41. The Labute approximate surface area is 149 Å². The maximum Gasteiger partial charge on any atom is 0.256 e. The van der Waals surface area contributed by atoms with Gasteiger partial charge in [-0.15, -0.1) is 0 Å². The number of hydrogen-bond donors (Lipinski definition) is 2. The maximum absolute atomic E-state index is 12.0. The van der Waals surface area contributed by atoms with Crippen LogP contribution in [0.25, 0.3) is 11.1 Å². The fourth-order valence-corrected chi connectivity index (χ4v) is 2.91. The highest BCUT2D eigenvalue weighted by molar-refractivity contribution is 5.94. The molecular weight excluding hydrogens is 332 g/mol. The fraction of sp³-hybridized carbons (Fsp3) is 0.158. The third-order valence-corrected chi connectivity index (χ3v) is 4.28. The molecule has 0 saturated heterocycles. The van der Waals surface area contributed by atoms with Gasteiger partial charge in [-0.3, -0.25) is 14.6 Å². The molecule has 1 aliphatic heterocycles. The molecule has 0 saturated carbocycles. The topological polar surface area (TPSA) is 97.1 Å². The summed E-state index contributed by atoms with van der Waals surface area (Å²) in [5, 5.41) is 9.21. The average Bonchev–Trinajstić information content (AvgIpc) is 3.21. The van der Waals surface area contributed by atoms with E-state index in [0.29, 0.717) is 18.5 Å². The first kappa shape index (κ1) is 16.0. The van der Waals surface area contributed by atoms with E-state index in [1.807, 2.05) is 18.2 Å². The molecular formula is C19H16N4O3. The number of rotatable bonds is 4. The summed E-state index contributed by atoms with van der Waals surface area (Å²) in [5.41, 5.74) is 5.24.